The second-order valence-corrected chi connectivity index (χ2v) is 28.1. The summed E-state index contributed by atoms with van der Waals surface area (Å²) in [6.45, 7) is 4.79. The maximum atomic E-state index is 13.1. The number of hydrogen-bond donors (Lipinski definition) is 2. The number of carbonyl (C=O) groups is 1. The van der Waals surface area contributed by atoms with Gasteiger partial charge in [0.2, 0.25) is 5.91 Å². The third-order valence-corrected chi connectivity index (χ3v) is 18.2. The van der Waals surface area contributed by atoms with Crippen molar-refractivity contribution in [3.05, 3.63) is 12.2 Å². The molecule has 0 aliphatic heterocycles. The summed E-state index contributed by atoms with van der Waals surface area (Å²) in [5, 5.41) is 14.1. The highest BCUT2D eigenvalue weighted by Crippen LogP contribution is 2.38. The highest BCUT2D eigenvalue weighted by molar-refractivity contribution is 7.45. The van der Waals surface area contributed by atoms with E-state index in [1.165, 1.54) is 327 Å². The number of unbranched alkanes of at least 4 members (excludes halogenated alkanes) is 54. The lowest BCUT2D eigenvalue weighted by atomic mass is 10.0. The zero-order valence-corrected chi connectivity index (χ0v) is 56.4. The van der Waals surface area contributed by atoms with Gasteiger partial charge in [0.05, 0.1) is 39.9 Å². The molecular formula is C72H145N2O6P. The number of carbonyl (C=O) groups excluding carboxylic acids is 1. The molecule has 0 aromatic heterocycles. The van der Waals surface area contributed by atoms with Gasteiger partial charge in [-0.2, -0.15) is 0 Å². The normalized spacial score (nSPS) is 13.6. The van der Waals surface area contributed by atoms with Crippen LogP contribution in [0.15, 0.2) is 12.2 Å². The highest BCUT2D eigenvalue weighted by Gasteiger charge is 2.24. The molecule has 0 aliphatic rings. The number of nitrogens with one attached hydrogen (secondary N) is 1. The molecule has 2 N–H and O–H groups in total. The molecule has 1 amide bonds. The monoisotopic (exact) mass is 1170 g/mol. The Morgan fingerprint density at radius 1 is 0.420 bits per heavy atom. The van der Waals surface area contributed by atoms with Crippen molar-refractivity contribution in [3.63, 3.8) is 0 Å². The third kappa shape index (κ3) is 66.6. The van der Waals surface area contributed by atoms with E-state index in [-0.39, 0.29) is 19.1 Å². The Balaban J connectivity index is 3.87. The van der Waals surface area contributed by atoms with Crippen LogP contribution in [0.25, 0.3) is 0 Å². The Hall–Kier alpha value is -0.760. The fourth-order valence-electron chi connectivity index (χ4n) is 11.6. The van der Waals surface area contributed by atoms with Gasteiger partial charge >= 0.3 is 0 Å². The molecule has 0 aromatic carbocycles. The lowest BCUT2D eigenvalue weighted by molar-refractivity contribution is -0.870. The van der Waals surface area contributed by atoms with E-state index in [9.17, 15) is 19.4 Å². The number of phosphoric ester groups is 1. The Labute approximate surface area is 507 Å². The molecule has 0 aliphatic carbocycles. The Morgan fingerprint density at radius 2 is 0.679 bits per heavy atom. The van der Waals surface area contributed by atoms with E-state index < -0.39 is 20.0 Å². The molecule has 0 rings (SSSR count). The molecule has 0 aromatic rings. The lowest BCUT2D eigenvalue weighted by Crippen LogP contribution is -2.46. The largest absolute Gasteiger partial charge is 0.756 e. The smallest absolute Gasteiger partial charge is 0.268 e. The van der Waals surface area contributed by atoms with Crippen molar-refractivity contribution in [3.8, 4) is 0 Å². The second-order valence-electron chi connectivity index (χ2n) is 26.7. The summed E-state index contributed by atoms with van der Waals surface area (Å²) in [6.07, 6.45) is 81.7. The van der Waals surface area contributed by atoms with Gasteiger partial charge < -0.3 is 28.8 Å². The quantitative estimate of drug-likeness (QED) is 0.0272. The number of hydrogen-bond acceptors (Lipinski definition) is 6. The van der Waals surface area contributed by atoms with Gasteiger partial charge in [-0.1, -0.05) is 360 Å². The molecule has 81 heavy (non-hydrogen) atoms. The average Bonchev–Trinajstić information content (AvgIpc) is 3.43. The van der Waals surface area contributed by atoms with Crippen LogP contribution in [-0.2, 0) is 18.4 Å². The van der Waals surface area contributed by atoms with Crippen molar-refractivity contribution >= 4 is 13.7 Å². The summed E-state index contributed by atoms with van der Waals surface area (Å²) >= 11 is 0. The van der Waals surface area contributed by atoms with Gasteiger partial charge in [-0.3, -0.25) is 9.36 Å². The fraction of sp³-hybridized carbons (Fsp3) is 0.958. The minimum absolute atomic E-state index is 0.0162. The van der Waals surface area contributed by atoms with Crippen molar-refractivity contribution in [2.45, 2.75) is 405 Å². The van der Waals surface area contributed by atoms with Crippen LogP contribution in [-0.4, -0.2) is 68.5 Å². The Morgan fingerprint density at radius 3 is 0.963 bits per heavy atom. The summed E-state index contributed by atoms with van der Waals surface area (Å²) in [5.41, 5.74) is 0. The van der Waals surface area contributed by atoms with Crippen molar-refractivity contribution in [1.29, 1.82) is 0 Å². The number of allylic oxidation sites excluding steroid dienone is 2. The molecule has 0 heterocycles. The van der Waals surface area contributed by atoms with E-state index in [0.717, 1.165) is 38.5 Å². The first kappa shape index (κ1) is 80.2. The van der Waals surface area contributed by atoms with Crippen LogP contribution in [0.2, 0.25) is 0 Å². The Bertz CT molecular complexity index is 1320. The molecule has 0 saturated carbocycles. The van der Waals surface area contributed by atoms with Crippen LogP contribution in [0.5, 0.6) is 0 Å². The van der Waals surface area contributed by atoms with Crippen molar-refractivity contribution in [2.75, 3.05) is 40.9 Å². The summed E-state index contributed by atoms with van der Waals surface area (Å²) in [7, 11) is 1.33. The van der Waals surface area contributed by atoms with E-state index in [4.69, 9.17) is 9.05 Å². The fourth-order valence-corrected chi connectivity index (χ4v) is 12.3. The minimum Gasteiger partial charge on any atom is -0.756 e. The number of rotatable bonds is 69. The van der Waals surface area contributed by atoms with Gasteiger partial charge in [-0.25, -0.2) is 0 Å². The molecule has 0 radical (unpaired) electrons. The van der Waals surface area contributed by atoms with Crippen LogP contribution >= 0.6 is 7.82 Å². The molecule has 9 heteroatoms. The zero-order valence-electron chi connectivity index (χ0n) is 55.5. The number of aliphatic hydroxyl groups is 1. The number of likely N-dealkylation sites (N-methyl/N-ethyl adjacent to an activating group) is 1. The predicted octanol–water partition coefficient (Wildman–Crippen LogP) is 22.7. The third-order valence-electron chi connectivity index (χ3n) is 17.3. The lowest BCUT2D eigenvalue weighted by Gasteiger charge is -2.30. The van der Waals surface area contributed by atoms with Crippen molar-refractivity contribution < 1.29 is 32.9 Å². The molecule has 0 spiro atoms. The average molecular weight is 1170 g/mol. The van der Waals surface area contributed by atoms with Crippen LogP contribution in [0.1, 0.15) is 393 Å². The van der Waals surface area contributed by atoms with Crippen LogP contribution < -0.4 is 10.2 Å². The summed E-state index contributed by atoms with van der Waals surface area (Å²) < 4.78 is 23.5. The molecule has 484 valence electrons. The zero-order chi connectivity index (χ0) is 59.1. The predicted molar refractivity (Wildman–Crippen MR) is 353 cm³/mol. The molecule has 3 unspecified atom stereocenters. The van der Waals surface area contributed by atoms with Crippen LogP contribution in [0.4, 0.5) is 0 Å². The first-order valence-corrected chi connectivity index (χ1v) is 38.0. The highest BCUT2D eigenvalue weighted by atomic mass is 31.2. The topological polar surface area (TPSA) is 108 Å². The molecular weight excluding hydrogens is 1020 g/mol. The molecule has 0 saturated heterocycles. The SMILES string of the molecule is CCCCCCCCCC/C=C\CCCCCCCCCCCCCCCCCCCCCCCCCCCCCC(=O)NC(COP(=O)([O-])OCC[N+](C)(C)C)C(O)CCCCCCCCCCCCCCCCCCCCCC. The van der Waals surface area contributed by atoms with Gasteiger partial charge in [0.1, 0.15) is 13.2 Å². The Kier molecular flexibility index (Phi) is 63.1. The van der Waals surface area contributed by atoms with E-state index in [1.807, 2.05) is 21.1 Å². The van der Waals surface area contributed by atoms with Gasteiger partial charge in [-0.05, 0) is 38.5 Å². The van der Waals surface area contributed by atoms with E-state index in [2.05, 4.69) is 31.3 Å². The van der Waals surface area contributed by atoms with Crippen LogP contribution in [0.3, 0.4) is 0 Å². The van der Waals surface area contributed by atoms with Gasteiger partial charge in [-0.15, -0.1) is 0 Å². The number of amides is 1. The number of nitrogens with zero attached hydrogens (tertiary/aromatic N) is 1. The van der Waals surface area contributed by atoms with Gasteiger partial charge in [0.15, 0.2) is 0 Å². The number of phosphoric acid groups is 1. The van der Waals surface area contributed by atoms with Crippen molar-refractivity contribution in [2.24, 2.45) is 0 Å². The molecule has 0 fully saturated rings. The number of aliphatic hydroxyl groups excluding tert-OH is 1. The van der Waals surface area contributed by atoms with Gasteiger partial charge in [0.25, 0.3) is 7.82 Å². The van der Waals surface area contributed by atoms with E-state index >= 15 is 0 Å². The number of quaternary nitrogens is 1. The van der Waals surface area contributed by atoms with Crippen molar-refractivity contribution in [1.82, 2.24) is 5.32 Å². The standard InChI is InChI=1S/C72H145N2O6P/c1-6-8-10-12-14-16-18-20-22-24-26-28-29-30-31-32-33-34-35-36-37-38-39-40-41-42-43-44-45-46-48-50-52-54-56-58-60-62-64-66-72(76)73-70(69-80-81(77,78)79-68-67-74(3,4)5)71(75)65-63-61-59-57-55-53-51-49-47-27-25-23-21-19-17-15-13-11-9-7-2/h24,26,70-71,75H,6-23,25,27-69H2,1-5H3,(H-,73,76,77,78)/b26-24-. The van der Waals surface area contributed by atoms with E-state index in [0.29, 0.717) is 23.9 Å². The first-order valence-electron chi connectivity index (χ1n) is 36.5. The molecule has 0 bridgehead atoms. The molecule has 3 atom stereocenters. The first-order chi connectivity index (χ1) is 39.5. The summed E-state index contributed by atoms with van der Waals surface area (Å²) in [4.78, 5) is 25.7. The summed E-state index contributed by atoms with van der Waals surface area (Å²) in [5.74, 6) is -0.154. The minimum atomic E-state index is -4.57. The maximum Gasteiger partial charge on any atom is 0.268 e. The maximum absolute atomic E-state index is 13.1. The van der Waals surface area contributed by atoms with E-state index in [1.54, 1.807) is 0 Å². The van der Waals surface area contributed by atoms with Gasteiger partial charge in [0, 0.05) is 6.42 Å². The molecule has 8 nitrogen and oxygen atoms in total. The van der Waals surface area contributed by atoms with Crippen LogP contribution in [0, 0.1) is 0 Å². The second kappa shape index (κ2) is 63.7. The summed E-state index contributed by atoms with van der Waals surface area (Å²) in [6, 6.07) is -0.797.